The molecule has 0 aromatic heterocycles. The summed E-state index contributed by atoms with van der Waals surface area (Å²) in [6.45, 7) is 0. The van der Waals surface area contributed by atoms with E-state index >= 15 is 0 Å². The Bertz CT molecular complexity index is 178. The first kappa shape index (κ1) is 7.05. The maximum atomic E-state index is 10.7. The minimum Gasteiger partial charge on any atom is -0.481 e. The monoisotopic (exact) mass is 143 g/mol. The molecule has 4 heteroatoms. The second-order valence-electron chi connectivity index (χ2n) is 2.40. The average Bonchev–Trinajstić information content (AvgIpc) is 2.64. The summed E-state index contributed by atoms with van der Waals surface area (Å²) >= 11 is 0. The van der Waals surface area contributed by atoms with Gasteiger partial charge >= 0.3 is 5.97 Å². The van der Waals surface area contributed by atoms with E-state index in [1.165, 1.54) is 7.05 Å². The van der Waals surface area contributed by atoms with Crippen LogP contribution in [0.15, 0.2) is 0 Å². The number of carboxylic acids is 1. The molecule has 1 saturated carbocycles. The van der Waals surface area contributed by atoms with Crippen molar-refractivity contribution in [1.82, 2.24) is 5.32 Å². The van der Waals surface area contributed by atoms with Crippen molar-refractivity contribution < 1.29 is 14.7 Å². The summed E-state index contributed by atoms with van der Waals surface area (Å²) in [5, 5.41) is 10.8. The number of carbonyl (C=O) groups is 2. The molecule has 1 amide bonds. The van der Waals surface area contributed by atoms with E-state index < -0.39 is 11.9 Å². The molecule has 10 heavy (non-hydrogen) atoms. The predicted molar refractivity (Wildman–Crippen MR) is 33.3 cm³/mol. The fourth-order valence-corrected chi connectivity index (χ4v) is 0.943. The molecular formula is C6H9NO3. The lowest BCUT2D eigenvalue weighted by molar-refractivity contribution is -0.140. The Balaban J connectivity index is 2.38. The van der Waals surface area contributed by atoms with Crippen LogP contribution >= 0.6 is 0 Å². The number of hydrogen-bond donors (Lipinski definition) is 2. The number of rotatable bonds is 2. The Labute approximate surface area is 58.2 Å². The molecule has 0 bridgehead atoms. The summed E-state index contributed by atoms with van der Waals surface area (Å²) in [5.41, 5.74) is 0. The van der Waals surface area contributed by atoms with Crippen molar-refractivity contribution in [2.45, 2.75) is 6.42 Å². The van der Waals surface area contributed by atoms with Crippen LogP contribution in [0.4, 0.5) is 0 Å². The number of aliphatic carboxylic acids is 1. The summed E-state index contributed by atoms with van der Waals surface area (Å²) in [6.07, 6.45) is 0.495. The van der Waals surface area contributed by atoms with E-state index in [4.69, 9.17) is 5.11 Å². The molecule has 2 N–H and O–H groups in total. The van der Waals surface area contributed by atoms with Crippen LogP contribution in [0.5, 0.6) is 0 Å². The van der Waals surface area contributed by atoms with Gasteiger partial charge in [0.1, 0.15) is 0 Å². The van der Waals surface area contributed by atoms with Gasteiger partial charge in [-0.15, -0.1) is 0 Å². The second kappa shape index (κ2) is 2.28. The third-order valence-electron chi connectivity index (χ3n) is 1.69. The molecular weight excluding hydrogens is 134 g/mol. The number of hydrogen-bond acceptors (Lipinski definition) is 2. The van der Waals surface area contributed by atoms with Crippen LogP contribution in [0.1, 0.15) is 6.42 Å². The van der Waals surface area contributed by atoms with Gasteiger partial charge in [-0.3, -0.25) is 9.59 Å². The van der Waals surface area contributed by atoms with Gasteiger partial charge in [0.15, 0.2) is 0 Å². The van der Waals surface area contributed by atoms with Crippen molar-refractivity contribution in [3.05, 3.63) is 0 Å². The third kappa shape index (κ3) is 1.10. The number of carboxylic acid groups (broad SMARTS) is 1. The van der Waals surface area contributed by atoms with Gasteiger partial charge in [0.05, 0.1) is 11.8 Å². The molecule has 4 nitrogen and oxygen atoms in total. The zero-order valence-corrected chi connectivity index (χ0v) is 5.63. The zero-order valence-electron chi connectivity index (χ0n) is 5.63. The van der Waals surface area contributed by atoms with Crippen LogP contribution in [0.3, 0.4) is 0 Å². The van der Waals surface area contributed by atoms with E-state index in [1.54, 1.807) is 0 Å². The van der Waals surface area contributed by atoms with Gasteiger partial charge in [-0.05, 0) is 6.42 Å². The van der Waals surface area contributed by atoms with Crippen molar-refractivity contribution in [3.8, 4) is 0 Å². The Hall–Kier alpha value is -1.06. The summed E-state index contributed by atoms with van der Waals surface area (Å²) < 4.78 is 0. The maximum Gasteiger partial charge on any atom is 0.307 e. The van der Waals surface area contributed by atoms with Gasteiger partial charge < -0.3 is 10.4 Å². The van der Waals surface area contributed by atoms with Gasteiger partial charge in [-0.1, -0.05) is 0 Å². The van der Waals surface area contributed by atoms with E-state index in [0.717, 1.165) is 0 Å². The standard InChI is InChI=1S/C6H9NO3/c1-7-5(8)3-2-4(3)6(9)10/h3-4H,2H2,1H3,(H,7,8)(H,9,10). The topological polar surface area (TPSA) is 66.4 Å². The van der Waals surface area contributed by atoms with Crippen molar-refractivity contribution in [1.29, 1.82) is 0 Å². The summed E-state index contributed by atoms with van der Waals surface area (Å²) in [7, 11) is 1.51. The lowest BCUT2D eigenvalue weighted by Gasteiger charge is -1.93. The number of nitrogens with one attached hydrogen (secondary N) is 1. The normalized spacial score (nSPS) is 29.3. The lowest BCUT2D eigenvalue weighted by Crippen LogP contribution is -2.21. The largest absolute Gasteiger partial charge is 0.481 e. The quantitative estimate of drug-likeness (QED) is 0.545. The molecule has 0 heterocycles. The molecule has 0 spiro atoms. The van der Waals surface area contributed by atoms with E-state index in [1.807, 2.05) is 0 Å². The SMILES string of the molecule is CNC(=O)C1CC1C(=O)O. The minimum atomic E-state index is -0.867. The Morgan fingerprint density at radius 3 is 2.40 bits per heavy atom. The maximum absolute atomic E-state index is 10.7. The van der Waals surface area contributed by atoms with Crippen LogP contribution in [0, 0.1) is 11.8 Å². The van der Waals surface area contributed by atoms with Gasteiger partial charge in [-0.2, -0.15) is 0 Å². The molecule has 1 rings (SSSR count). The molecule has 1 fully saturated rings. The van der Waals surface area contributed by atoms with E-state index in [0.29, 0.717) is 6.42 Å². The highest BCUT2D eigenvalue weighted by Crippen LogP contribution is 2.38. The van der Waals surface area contributed by atoms with Crippen LogP contribution in [0.25, 0.3) is 0 Å². The molecule has 1 aliphatic rings. The van der Waals surface area contributed by atoms with Crippen LogP contribution in [-0.4, -0.2) is 24.0 Å². The van der Waals surface area contributed by atoms with Crippen molar-refractivity contribution in [2.24, 2.45) is 11.8 Å². The molecule has 0 aliphatic heterocycles. The van der Waals surface area contributed by atoms with Crippen molar-refractivity contribution in [2.75, 3.05) is 7.05 Å². The highest BCUT2D eigenvalue weighted by atomic mass is 16.4. The molecule has 0 aromatic carbocycles. The predicted octanol–water partition coefficient (Wildman–Crippen LogP) is -0.547. The average molecular weight is 143 g/mol. The molecule has 0 aromatic rings. The molecule has 56 valence electrons. The van der Waals surface area contributed by atoms with E-state index in [9.17, 15) is 9.59 Å². The van der Waals surface area contributed by atoms with Gasteiger partial charge in [0.25, 0.3) is 0 Å². The first-order valence-corrected chi connectivity index (χ1v) is 3.11. The number of carbonyl (C=O) groups excluding carboxylic acids is 1. The molecule has 2 unspecified atom stereocenters. The van der Waals surface area contributed by atoms with Crippen molar-refractivity contribution >= 4 is 11.9 Å². The van der Waals surface area contributed by atoms with Crippen LogP contribution in [-0.2, 0) is 9.59 Å². The lowest BCUT2D eigenvalue weighted by atomic mass is 10.3. The highest BCUT2D eigenvalue weighted by molar-refractivity contribution is 5.89. The van der Waals surface area contributed by atoms with Crippen LogP contribution < -0.4 is 5.32 Å². The van der Waals surface area contributed by atoms with Crippen molar-refractivity contribution in [3.63, 3.8) is 0 Å². The fraction of sp³-hybridized carbons (Fsp3) is 0.667. The zero-order chi connectivity index (χ0) is 7.72. The van der Waals surface area contributed by atoms with Crippen LogP contribution in [0.2, 0.25) is 0 Å². The minimum absolute atomic E-state index is 0.160. The molecule has 0 saturated heterocycles. The third-order valence-corrected chi connectivity index (χ3v) is 1.69. The summed E-state index contributed by atoms with van der Waals surface area (Å²) in [4.78, 5) is 20.9. The fourth-order valence-electron chi connectivity index (χ4n) is 0.943. The molecule has 0 radical (unpaired) electrons. The Kier molecular flexibility index (Phi) is 1.61. The Morgan fingerprint density at radius 2 is 2.10 bits per heavy atom. The number of amides is 1. The summed E-state index contributed by atoms with van der Waals surface area (Å²) in [6, 6.07) is 0. The van der Waals surface area contributed by atoms with E-state index in [2.05, 4.69) is 5.32 Å². The van der Waals surface area contributed by atoms with Gasteiger partial charge in [0.2, 0.25) is 5.91 Å². The first-order valence-electron chi connectivity index (χ1n) is 3.11. The van der Waals surface area contributed by atoms with E-state index in [-0.39, 0.29) is 11.8 Å². The summed E-state index contributed by atoms with van der Waals surface area (Å²) in [5.74, 6) is -1.73. The smallest absolute Gasteiger partial charge is 0.307 e. The first-order chi connectivity index (χ1) is 4.66. The van der Waals surface area contributed by atoms with Gasteiger partial charge in [0, 0.05) is 7.05 Å². The molecule has 2 atom stereocenters. The molecule has 1 aliphatic carbocycles. The highest BCUT2D eigenvalue weighted by Gasteiger charge is 2.47. The van der Waals surface area contributed by atoms with Gasteiger partial charge in [-0.25, -0.2) is 0 Å². The Morgan fingerprint density at radius 1 is 1.50 bits per heavy atom. The second-order valence-corrected chi connectivity index (χ2v) is 2.40.